The van der Waals surface area contributed by atoms with E-state index >= 15 is 0 Å². The molecule has 36 heavy (non-hydrogen) atoms. The number of nitrogens with one attached hydrogen (secondary N) is 2. The van der Waals surface area contributed by atoms with Gasteiger partial charge in [0.15, 0.2) is 11.5 Å². The molecule has 4 amide bonds. The zero-order valence-corrected chi connectivity index (χ0v) is 20.0. The molecule has 1 unspecified atom stereocenters. The Balaban J connectivity index is 1.19. The molecule has 0 saturated carbocycles. The van der Waals surface area contributed by atoms with Gasteiger partial charge in [-0.15, -0.1) is 0 Å². The highest BCUT2D eigenvalue weighted by Crippen LogP contribution is 2.41. The molecule has 3 aromatic carbocycles. The minimum absolute atomic E-state index is 0.214. The molecule has 1 aliphatic carbocycles. The van der Waals surface area contributed by atoms with Crippen LogP contribution in [0.1, 0.15) is 28.7 Å². The van der Waals surface area contributed by atoms with E-state index in [-0.39, 0.29) is 19.0 Å². The molecule has 0 bridgehead atoms. The van der Waals surface area contributed by atoms with Crippen LogP contribution in [0.5, 0.6) is 11.5 Å². The minimum atomic E-state index is -1.07. The number of amides is 4. The van der Waals surface area contributed by atoms with Crippen molar-refractivity contribution in [1.82, 2.24) is 15.5 Å². The van der Waals surface area contributed by atoms with Gasteiger partial charge in [0.2, 0.25) is 5.91 Å². The topological polar surface area (TPSA) is 97.0 Å². The van der Waals surface area contributed by atoms with Gasteiger partial charge in [-0.3, -0.25) is 14.5 Å². The number of hydrogen-bond acceptors (Lipinski definition) is 5. The lowest BCUT2D eigenvalue weighted by Crippen LogP contribution is -2.43. The lowest BCUT2D eigenvalue weighted by molar-refractivity contribution is -0.135. The molecule has 2 aliphatic rings. The third-order valence-electron chi connectivity index (χ3n) is 6.68. The average molecular weight is 486 g/mol. The Labute approximate surface area is 209 Å². The molecular formula is C28H27N3O5. The summed E-state index contributed by atoms with van der Waals surface area (Å²) in [6.07, 6.45) is 1.20. The number of hydrogen-bond donors (Lipinski definition) is 2. The Morgan fingerprint density at radius 3 is 2.58 bits per heavy atom. The predicted molar refractivity (Wildman–Crippen MR) is 132 cm³/mol. The van der Waals surface area contributed by atoms with E-state index in [1.807, 2.05) is 60.7 Å². The van der Waals surface area contributed by atoms with Crippen molar-refractivity contribution in [2.75, 3.05) is 13.7 Å². The highest BCUT2D eigenvalue weighted by molar-refractivity contribution is 6.09. The molecule has 3 aromatic rings. The van der Waals surface area contributed by atoms with Crippen LogP contribution >= 0.6 is 0 Å². The fourth-order valence-corrected chi connectivity index (χ4v) is 4.81. The molecule has 1 fully saturated rings. The van der Waals surface area contributed by atoms with Crippen LogP contribution in [0.25, 0.3) is 0 Å². The van der Waals surface area contributed by atoms with Crippen molar-refractivity contribution >= 4 is 17.8 Å². The maximum atomic E-state index is 13.2. The van der Waals surface area contributed by atoms with Crippen molar-refractivity contribution in [3.8, 4) is 11.5 Å². The van der Waals surface area contributed by atoms with Gasteiger partial charge in [0, 0.05) is 6.54 Å². The first kappa shape index (κ1) is 23.4. The van der Waals surface area contributed by atoms with E-state index in [0.717, 1.165) is 27.2 Å². The Morgan fingerprint density at radius 2 is 1.78 bits per heavy atom. The van der Waals surface area contributed by atoms with Gasteiger partial charge >= 0.3 is 6.03 Å². The van der Waals surface area contributed by atoms with E-state index in [1.54, 1.807) is 19.2 Å². The molecule has 8 nitrogen and oxygen atoms in total. The number of imide groups is 1. The number of nitrogens with zero attached hydrogens (tertiary/aromatic N) is 1. The zero-order chi connectivity index (χ0) is 25.1. The number of ether oxygens (including phenoxy) is 2. The van der Waals surface area contributed by atoms with Gasteiger partial charge in [0.1, 0.15) is 18.7 Å². The van der Waals surface area contributed by atoms with Crippen LogP contribution in [0.15, 0.2) is 72.8 Å². The molecule has 1 spiro atoms. The fraction of sp³-hybridized carbons (Fsp3) is 0.250. The highest BCUT2D eigenvalue weighted by atomic mass is 16.5. The van der Waals surface area contributed by atoms with Gasteiger partial charge in [-0.1, -0.05) is 60.7 Å². The second-order valence-electron chi connectivity index (χ2n) is 8.92. The molecule has 8 heteroatoms. The standard InChI is InChI=1S/C28H27N3O5/c1-35-24-15-20(11-12-23(24)36-18-19-7-3-2-4-8-19)16-29-25(32)17-31-26(33)28(30-27(31)34)14-13-21-9-5-6-10-22(21)28/h2-12,15H,13-14,16-18H2,1H3,(H,29,32)(H,30,34). The summed E-state index contributed by atoms with van der Waals surface area (Å²) in [5.74, 6) is 0.339. The number of aryl methyl sites for hydroxylation is 1. The van der Waals surface area contributed by atoms with Crippen LogP contribution in [0.3, 0.4) is 0 Å². The molecule has 1 atom stereocenters. The molecular weight excluding hydrogens is 458 g/mol. The van der Waals surface area contributed by atoms with E-state index < -0.39 is 17.5 Å². The van der Waals surface area contributed by atoms with Crippen molar-refractivity contribution in [2.24, 2.45) is 0 Å². The summed E-state index contributed by atoms with van der Waals surface area (Å²) in [6, 6.07) is 22.3. The smallest absolute Gasteiger partial charge is 0.325 e. The third-order valence-corrected chi connectivity index (χ3v) is 6.68. The van der Waals surface area contributed by atoms with Crippen molar-refractivity contribution in [2.45, 2.75) is 31.5 Å². The lowest BCUT2D eigenvalue weighted by Gasteiger charge is -2.22. The largest absolute Gasteiger partial charge is 0.493 e. The molecule has 0 aromatic heterocycles. The number of carbonyl (C=O) groups is 3. The van der Waals surface area contributed by atoms with Crippen LogP contribution in [0.4, 0.5) is 4.79 Å². The molecule has 0 radical (unpaired) electrons. The second-order valence-corrected chi connectivity index (χ2v) is 8.92. The Morgan fingerprint density at radius 1 is 1.00 bits per heavy atom. The summed E-state index contributed by atoms with van der Waals surface area (Å²) < 4.78 is 11.3. The summed E-state index contributed by atoms with van der Waals surface area (Å²) in [4.78, 5) is 39.5. The maximum absolute atomic E-state index is 13.2. The normalized spacial score (nSPS) is 18.2. The maximum Gasteiger partial charge on any atom is 0.325 e. The first-order valence-electron chi connectivity index (χ1n) is 11.8. The van der Waals surface area contributed by atoms with E-state index in [4.69, 9.17) is 9.47 Å². The summed E-state index contributed by atoms with van der Waals surface area (Å²) >= 11 is 0. The van der Waals surface area contributed by atoms with Gasteiger partial charge in [-0.05, 0) is 47.2 Å². The first-order chi connectivity index (χ1) is 17.5. The summed E-state index contributed by atoms with van der Waals surface area (Å²) in [5.41, 5.74) is 2.62. The van der Waals surface area contributed by atoms with Gasteiger partial charge < -0.3 is 20.1 Å². The van der Waals surface area contributed by atoms with E-state index in [0.29, 0.717) is 30.9 Å². The zero-order valence-electron chi connectivity index (χ0n) is 20.0. The Bertz CT molecular complexity index is 1310. The second kappa shape index (κ2) is 9.73. The van der Waals surface area contributed by atoms with Gasteiger partial charge in [-0.25, -0.2) is 4.79 Å². The quantitative estimate of drug-likeness (QED) is 0.478. The predicted octanol–water partition coefficient (Wildman–Crippen LogP) is 3.28. The molecule has 184 valence electrons. The van der Waals surface area contributed by atoms with Crippen molar-refractivity contribution in [3.05, 3.63) is 95.1 Å². The van der Waals surface area contributed by atoms with Crippen LogP contribution in [-0.2, 0) is 34.7 Å². The Kier molecular flexibility index (Phi) is 6.33. The molecule has 1 heterocycles. The minimum Gasteiger partial charge on any atom is -0.493 e. The molecule has 1 saturated heterocycles. The SMILES string of the molecule is COc1cc(CNC(=O)CN2C(=O)NC3(CCc4ccccc43)C2=O)ccc1OCc1ccccc1. The van der Waals surface area contributed by atoms with Crippen LogP contribution in [0.2, 0.25) is 0 Å². The third kappa shape index (κ3) is 4.37. The van der Waals surface area contributed by atoms with E-state index in [2.05, 4.69) is 10.6 Å². The number of rotatable bonds is 8. The average Bonchev–Trinajstić information content (AvgIpc) is 3.39. The fourth-order valence-electron chi connectivity index (χ4n) is 4.81. The molecule has 1 aliphatic heterocycles. The lowest BCUT2D eigenvalue weighted by atomic mass is 9.92. The number of urea groups is 1. The first-order valence-corrected chi connectivity index (χ1v) is 11.8. The Hall–Kier alpha value is -4.33. The number of benzene rings is 3. The number of carbonyl (C=O) groups excluding carboxylic acids is 3. The number of fused-ring (bicyclic) bond motifs is 2. The molecule has 2 N–H and O–H groups in total. The van der Waals surface area contributed by atoms with E-state index in [9.17, 15) is 14.4 Å². The van der Waals surface area contributed by atoms with Crippen molar-refractivity contribution in [3.63, 3.8) is 0 Å². The van der Waals surface area contributed by atoms with Gasteiger partial charge in [-0.2, -0.15) is 0 Å². The monoisotopic (exact) mass is 485 g/mol. The van der Waals surface area contributed by atoms with Crippen LogP contribution < -0.4 is 20.1 Å². The van der Waals surface area contributed by atoms with Crippen LogP contribution in [0, 0.1) is 0 Å². The van der Waals surface area contributed by atoms with Crippen molar-refractivity contribution in [1.29, 1.82) is 0 Å². The van der Waals surface area contributed by atoms with Gasteiger partial charge in [0.05, 0.1) is 7.11 Å². The molecule has 5 rings (SSSR count). The summed E-state index contributed by atoms with van der Waals surface area (Å²) in [7, 11) is 1.56. The van der Waals surface area contributed by atoms with E-state index in [1.165, 1.54) is 0 Å². The number of methoxy groups -OCH3 is 1. The summed E-state index contributed by atoms with van der Waals surface area (Å²) in [5, 5.41) is 5.62. The summed E-state index contributed by atoms with van der Waals surface area (Å²) in [6.45, 7) is 0.279. The van der Waals surface area contributed by atoms with Crippen molar-refractivity contribution < 1.29 is 23.9 Å². The van der Waals surface area contributed by atoms with Gasteiger partial charge in [0.25, 0.3) is 5.91 Å². The van der Waals surface area contributed by atoms with Crippen LogP contribution in [-0.4, -0.2) is 36.4 Å². The highest BCUT2D eigenvalue weighted by Gasteiger charge is 2.55.